The van der Waals surface area contributed by atoms with E-state index in [1.165, 1.54) is 35.4 Å². The molecule has 3 heteroatoms. The molecule has 0 bridgehead atoms. The standard InChI is InChI=1S/C16H28N2S/c1-4-10-17-11-15-8-9-16(19-15)12-18-13(3)6-7-14(18)5-2/h8-9,13-14,17H,4-7,10-12H2,1-3H3. The van der Waals surface area contributed by atoms with Crippen LogP contribution in [-0.2, 0) is 13.1 Å². The predicted molar refractivity (Wildman–Crippen MR) is 84.6 cm³/mol. The summed E-state index contributed by atoms with van der Waals surface area (Å²) in [5.41, 5.74) is 0. The van der Waals surface area contributed by atoms with Crippen LogP contribution >= 0.6 is 11.3 Å². The van der Waals surface area contributed by atoms with Crippen molar-refractivity contribution in [2.45, 2.75) is 71.6 Å². The van der Waals surface area contributed by atoms with Gasteiger partial charge >= 0.3 is 0 Å². The molecule has 1 aliphatic heterocycles. The van der Waals surface area contributed by atoms with Crippen molar-refractivity contribution in [2.24, 2.45) is 0 Å². The molecular formula is C16H28N2S. The molecule has 1 aromatic heterocycles. The molecule has 2 nitrogen and oxygen atoms in total. The van der Waals surface area contributed by atoms with Crippen LogP contribution in [0, 0.1) is 0 Å². The van der Waals surface area contributed by atoms with Crippen LogP contribution in [-0.4, -0.2) is 23.5 Å². The van der Waals surface area contributed by atoms with Crippen molar-refractivity contribution in [1.29, 1.82) is 0 Å². The number of rotatable bonds is 7. The summed E-state index contributed by atoms with van der Waals surface area (Å²) in [5, 5.41) is 3.48. The fourth-order valence-electron chi connectivity index (χ4n) is 3.02. The summed E-state index contributed by atoms with van der Waals surface area (Å²) < 4.78 is 0. The maximum atomic E-state index is 3.48. The molecule has 0 radical (unpaired) electrons. The van der Waals surface area contributed by atoms with Gasteiger partial charge in [0.25, 0.3) is 0 Å². The maximum absolute atomic E-state index is 3.48. The number of nitrogens with one attached hydrogen (secondary N) is 1. The lowest BCUT2D eigenvalue weighted by molar-refractivity contribution is 0.191. The topological polar surface area (TPSA) is 15.3 Å². The summed E-state index contributed by atoms with van der Waals surface area (Å²) in [4.78, 5) is 5.71. The van der Waals surface area contributed by atoms with Crippen LogP contribution in [0.15, 0.2) is 12.1 Å². The lowest BCUT2D eigenvalue weighted by Crippen LogP contribution is -2.33. The summed E-state index contributed by atoms with van der Waals surface area (Å²) in [5.74, 6) is 0. The number of hydrogen-bond acceptors (Lipinski definition) is 3. The zero-order valence-electron chi connectivity index (χ0n) is 12.6. The minimum Gasteiger partial charge on any atom is -0.312 e. The van der Waals surface area contributed by atoms with Gasteiger partial charge in [-0.05, 0) is 51.3 Å². The van der Waals surface area contributed by atoms with E-state index in [0.29, 0.717) is 0 Å². The molecule has 108 valence electrons. The third-order valence-electron chi connectivity index (χ3n) is 4.21. The van der Waals surface area contributed by atoms with Crippen molar-refractivity contribution < 1.29 is 0 Å². The fourth-order valence-corrected chi connectivity index (χ4v) is 4.02. The highest BCUT2D eigenvalue weighted by Gasteiger charge is 2.29. The normalized spacial score (nSPS) is 24.2. The zero-order chi connectivity index (χ0) is 13.7. The Balaban J connectivity index is 1.88. The van der Waals surface area contributed by atoms with Crippen LogP contribution in [0.25, 0.3) is 0 Å². The van der Waals surface area contributed by atoms with Crippen LogP contribution < -0.4 is 5.32 Å². The zero-order valence-corrected chi connectivity index (χ0v) is 13.4. The fraction of sp³-hybridized carbons (Fsp3) is 0.750. The van der Waals surface area contributed by atoms with E-state index in [1.807, 2.05) is 11.3 Å². The average molecular weight is 280 g/mol. The number of thiophene rings is 1. The first-order valence-electron chi connectivity index (χ1n) is 7.78. The van der Waals surface area contributed by atoms with Gasteiger partial charge in [-0.2, -0.15) is 0 Å². The Hall–Kier alpha value is -0.380. The molecule has 2 atom stereocenters. The van der Waals surface area contributed by atoms with Crippen molar-refractivity contribution in [3.8, 4) is 0 Å². The molecule has 1 aromatic rings. The smallest absolute Gasteiger partial charge is 0.0333 e. The van der Waals surface area contributed by atoms with Gasteiger partial charge in [0.1, 0.15) is 0 Å². The molecule has 2 rings (SSSR count). The Morgan fingerprint density at radius 2 is 2.05 bits per heavy atom. The third kappa shape index (κ3) is 4.04. The van der Waals surface area contributed by atoms with Crippen LogP contribution in [0.3, 0.4) is 0 Å². The van der Waals surface area contributed by atoms with Crippen molar-refractivity contribution in [3.05, 3.63) is 21.9 Å². The van der Waals surface area contributed by atoms with Gasteiger partial charge in [0.05, 0.1) is 0 Å². The monoisotopic (exact) mass is 280 g/mol. The number of nitrogens with zero attached hydrogens (tertiary/aromatic N) is 1. The molecule has 1 fully saturated rings. The largest absolute Gasteiger partial charge is 0.312 e. The second kappa shape index (κ2) is 7.41. The SMILES string of the molecule is CCCNCc1ccc(CN2C(C)CCC2CC)s1. The minimum atomic E-state index is 0.758. The molecule has 2 heterocycles. The Morgan fingerprint density at radius 1 is 1.26 bits per heavy atom. The van der Waals surface area contributed by atoms with Gasteiger partial charge in [-0.1, -0.05) is 13.8 Å². The second-order valence-corrected chi connectivity index (χ2v) is 6.96. The molecule has 1 aliphatic rings. The van der Waals surface area contributed by atoms with E-state index in [2.05, 4.69) is 43.1 Å². The van der Waals surface area contributed by atoms with Crippen LogP contribution in [0.2, 0.25) is 0 Å². The van der Waals surface area contributed by atoms with Gasteiger partial charge in [0.15, 0.2) is 0 Å². The lowest BCUT2D eigenvalue weighted by atomic mass is 10.1. The molecule has 0 amide bonds. The summed E-state index contributed by atoms with van der Waals surface area (Å²) in [6.45, 7) is 10.2. The van der Waals surface area contributed by atoms with Crippen molar-refractivity contribution in [1.82, 2.24) is 10.2 Å². The second-order valence-electron chi connectivity index (χ2n) is 5.71. The van der Waals surface area contributed by atoms with E-state index in [0.717, 1.165) is 31.7 Å². The Bertz CT molecular complexity index is 375. The van der Waals surface area contributed by atoms with E-state index in [-0.39, 0.29) is 0 Å². The van der Waals surface area contributed by atoms with Crippen molar-refractivity contribution in [2.75, 3.05) is 6.54 Å². The molecule has 0 saturated carbocycles. The number of hydrogen-bond donors (Lipinski definition) is 1. The Morgan fingerprint density at radius 3 is 2.79 bits per heavy atom. The highest BCUT2D eigenvalue weighted by molar-refractivity contribution is 7.11. The van der Waals surface area contributed by atoms with E-state index in [9.17, 15) is 0 Å². The molecular weight excluding hydrogens is 252 g/mol. The quantitative estimate of drug-likeness (QED) is 0.759. The van der Waals surface area contributed by atoms with E-state index >= 15 is 0 Å². The molecule has 0 aromatic carbocycles. The molecule has 0 aliphatic carbocycles. The first-order valence-corrected chi connectivity index (χ1v) is 8.60. The van der Waals surface area contributed by atoms with Gasteiger partial charge < -0.3 is 5.32 Å². The minimum absolute atomic E-state index is 0.758. The third-order valence-corrected chi connectivity index (χ3v) is 5.28. The molecule has 1 saturated heterocycles. The van der Waals surface area contributed by atoms with Crippen LogP contribution in [0.5, 0.6) is 0 Å². The van der Waals surface area contributed by atoms with Gasteiger partial charge in [0, 0.05) is 34.9 Å². The number of likely N-dealkylation sites (tertiary alicyclic amines) is 1. The Labute approximate surface area is 122 Å². The van der Waals surface area contributed by atoms with Gasteiger partial charge in [0.2, 0.25) is 0 Å². The van der Waals surface area contributed by atoms with Gasteiger partial charge in [-0.3, -0.25) is 4.90 Å². The van der Waals surface area contributed by atoms with Crippen molar-refractivity contribution in [3.63, 3.8) is 0 Å². The highest BCUT2D eigenvalue weighted by atomic mass is 32.1. The Kier molecular flexibility index (Phi) is 5.86. The lowest BCUT2D eigenvalue weighted by Gasteiger charge is -2.27. The average Bonchev–Trinajstić information content (AvgIpc) is 2.99. The van der Waals surface area contributed by atoms with Gasteiger partial charge in [-0.15, -0.1) is 11.3 Å². The first-order chi connectivity index (χ1) is 9.24. The predicted octanol–water partition coefficient (Wildman–Crippen LogP) is 4.01. The molecule has 0 spiro atoms. The summed E-state index contributed by atoms with van der Waals surface area (Å²) >= 11 is 1.98. The molecule has 1 N–H and O–H groups in total. The van der Waals surface area contributed by atoms with Crippen molar-refractivity contribution >= 4 is 11.3 Å². The summed E-state index contributed by atoms with van der Waals surface area (Å²) in [6.07, 6.45) is 5.26. The van der Waals surface area contributed by atoms with Crippen LogP contribution in [0.1, 0.15) is 56.2 Å². The van der Waals surface area contributed by atoms with Crippen LogP contribution in [0.4, 0.5) is 0 Å². The van der Waals surface area contributed by atoms with E-state index in [1.54, 1.807) is 0 Å². The van der Waals surface area contributed by atoms with Gasteiger partial charge in [-0.25, -0.2) is 0 Å². The van der Waals surface area contributed by atoms with E-state index in [4.69, 9.17) is 0 Å². The summed E-state index contributed by atoms with van der Waals surface area (Å²) in [7, 11) is 0. The maximum Gasteiger partial charge on any atom is 0.0333 e. The van der Waals surface area contributed by atoms with E-state index < -0.39 is 0 Å². The molecule has 2 unspecified atom stereocenters. The molecule has 19 heavy (non-hydrogen) atoms. The highest BCUT2D eigenvalue weighted by Crippen LogP contribution is 2.29. The first kappa shape index (κ1) is 15.0. The summed E-state index contributed by atoms with van der Waals surface area (Å²) in [6, 6.07) is 6.18.